The predicted octanol–water partition coefficient (Wildman–Crippen LogP) is 3.37. The van der Waals surface area contributed by atoms with Crippen LogP contribution in [0.3, 0.4) is 0 Å². The highest BCUT2D eigenvalue weighted by Crippen LogP contribution is 2.09. The molecule has 1 N–H and O–H groups in total. The van der Waals surface area contributed by atoms with Gasteiger partial charge in [0.15, 0.2) is 0 Å². The van der Waals surface area contributed by atoms with Crippen LogP contribution in [0.4, 0.5) is 0 Å². The Hall–Kier alpha value is -0.300. The summed E-state index contributed by atoms with van der Waals surface area (Å²) in [6.07, 6.45) is 4.82. The summed E-state index contributed by atoms with van der Waals surface area (Å²) in [7, 11) is 0. The summed E-state index contributed by atoms with van der Waals surface area (Å²) in [6.45, 7) is 12.2. The van der Waals surface area contributed by atoms with E-state index in [1.165, 1.54) is 12.8 Å². The third kappa shape index (κ3) is 6.83. The topological polar surface area (TPSA) is 12.0 Å². The van der Waals surface area contributed by atoms with Gasteiger partial charge in [-0.3, -0.25) is 0 Å². The Bertz CT molecular complexity index is 147. The summed E-state index contributed by atoms with van der Waals surface area (Å²) in [5.41, 5.74) is 1.54. The third-order valence-electron chi connectivity index (χ3n) is 2.36. The number of allylic oxidation sites excluding steroid dienone is 1. The fraction of sp³-hybridized carbons (Fsp3) is 0.833. The summed E-state index contributed by atoms with van der Waals surface area (Å²) in [5.74, 6) is 0.726. The van der Waals surface area contributed by atoms with Crippen molar-refractivity contribution in [3.63, 3.8) is 0 Å². The smallest absolute Gasteiger partial charge is 0.0166 e. The van der Waals surface area contributed by atoms with E-state index >= 15 is 0 Å². The minimum atomic E-state index is 0.590. The molecule has 0 saturated heterocycles. The van der Waals surface area contributed by atoms with E-state index in [-0.39, 0.29) is 0 Å². The number of nitrogens with one attached hydrogen (secondary N) is 1. The van der Waals surface area contributed by atoms with Crippen LogP contribution in [0.2, 0.25) is 0 Å². The highest BCUT2D eigenvalue weighted by atomic mass is 14.9. The molecule has 0 aromatic carbocycles. The molecule has 0 aliphatic rings. The third-order valence-corrected chi connectivity index (χ3v) is 2.36. The molecule has 78 valence electrons. The van der Waals surface area contributed by atoms with Crippen LogP contribution < -0.4 is 5.32 Å². The first-order valence-electron chi connectivity index (χ1n) is 5.53. The molecule has 0 spiro atoms. The van der Waals surface area contributed by atoms with Gasteiger partial charge in [0, 0.05) is 12.6 Å². The van der Waals surface area contributed by atoms with E-state index in [0.29, 0.717) is 6.04 Å². The first-order chi connectivity index (χ1) is 6.10. The van der Waals surface area contributed by atoms with Crippen molar-refractivity contribution in [2.45, 2.75) is 53.5 Å². The number of hydrogen-bond donors (Lipinski definition) is 1. The summed E-state index contributed by atoms with van der Waals surface area (Å²) in [4.78, 5) is 0. The lowest BCUT2D eigenvalue weighted by molar-refractivity contribution is 0.606. The van der Waals surface area contributed by atoms with Crippen LogP contribution in [0.15, 0.2) is 11.6 Å². The SMILES string of the molecule is CC/C(=C/C(C)CC)CNC(C)C. The largest absolute Gasteiger partial charge is 0.311 e. The van der Waals surface area contributed by atoms with Crippen LogP contribution >= 0.6 is 0 Å². The molecule has 0 radical (unpaired) electrons. The Kier molecular flexibility index (Phi) is 6.97. The van der Waals surface area contributed by atoms with Gasteiger partial charge in [0.2, 0.25) is 0 Å². The molecule has 0 fully saturated rings. The average molecular weight is 183 g/mol. The predicted molar refractivity (Wildman–Crippen MR) is 61.0 cm³/mol. The molecular formula is C12H25N. The Morgan fingerprint density at radius 2 is 1.85 bits per heavy atom. The molecule has 1 unspecified atom stereocenters. The van der Waals surface area contributed by atoms with Crippen LogP contribution in [0.25, 0.3) is 0 Å². The van der Waals surface area contributed by atoms with E-state index in [1.807, 2.05) is 0 Å². The summed E-state index contributed by atoms with van der Waals surface area (Å²) in [5, 5.41) is 3.46. The van der Waals surface area contributed by atoms with Crippen molar-refractivity contribution in [1.82, 2.24) is 5.32 Å². The second-order valence-electron chi connectivity index (χ2n) is 4.10. The molecule has 0 rings (SSSR count). The zero-order chi connectivity index (χ0) is 10.3. The lowest BCUT2D eigenvalue weighted by Gasteiger charge is -2.12. The first kappa shape index (κ1) is 12.7. The Labute approximate surface area is 83.6 Å². The van der Waals surface area contributed by atoms with Gasteiger partial charge in [-0.05, 0) is 12.3 Å². The van der Waals surface area contributed by atoms with Crippen molar-refractivity contribution in [3.8, 4) is 0 Å². The van der Waals surface area contributed by atoms with Crippen molar-refractivity contribution in [2.75, 3.05) is 6.54 Å². The molecule has 0 heterocycles. The highest BCUT2D eigenvalue weighted by Gasteiger charge is 1.99. The van der Waals surface area contributed by atoms with Crippen molar-refractivity contribution >= 4 is 0 Å². The maximum absolute atomic E-state index is 3.46. The van der Waals surface area contributed by atoms with Gasteiger partial charge in [-0.15, -0.1) is 0 Å². The fourth-order valence-electron chi connectivity index (χ4n) is 1.16. The molecule has 1 heteroatoms. The highest BCUT2D eigenvalue weighted by molar-refractivity contribution is 5.05. The second-order valence-corrected chi connectivity index (χ2v) is 4.10. The van der Waals surface area contributed by atoms with Crippen LogP contribution in [-0.4, -0.2) is 12.6 Å². The first-order valence-corrected chi connectivity index (χ1v) is 5.53. The molecule has 1 nitrogen and oxygen atoms in total. The zero-order valence-corrected chi connectivity index (χ0v) is 9.85. The zero-order valence-electron chi connectivity index (χ0n) is 9.85. The maximum atomic E-state index is 3.46. The van der Waals surface area contributed by atoms with Crippen molar-refractivity contribution < 1.29 is 0 Å². The van der Waals surface area contributed by atoms with Gasteiger partial charge < -0.3 is 5.32 Å². The van der Waals surface area contributed by atoms with Crippen LogP contribution in [0, 0.1) is 5.92 Å². The van der Waals surface area contributed by atoms with Gasteiger partial charge in [0.25, 0.3) is 0 Å². The maximum Gasteiger partial charge on any atom is 0.0166 e. The Morgan fingerprint density at radius 3 is 2.23 bits per heavy atom. The summed E-state index contributed by atoms with van der Waals surface area (Å²) >= 11 is 0. The molecule has 1 atom stereocenters. The van der Waals surface area contributed by atoms with E-state index in [2.05, 4.69) is 46.0 Å². The molecule has 0 amide bonds. The normalized spacial score (nSPS) is 15.1. The Balaban J connectivity index is 3.93. The molecule has 13 heavy (non-hydrogen) atoms. The molecule has 0 aliphatic heterocycles. The number of rotatable bonds is 6. The van der Waals surface area contributed by atoms with E-state index in [0.717, 1.165) is 12.5 Å². The van der Waals surface area contributed by atoms with E-state index in [4.69, 9.17) is 0 Å². The van der Waals surface area contributed by atoms with Gasteiger partial charge in [-0.25, -0.2) is 0 Å². The minimum Gasteiger partial charge on any atom is -0.311 e. The van der Waals surface area contributed by atoms with E-state index in [1.54, 1.807) is 5.57 Å². The van der Waals surface area contributed by atoms with Gasteiger partial charge >= 0.3 is 0 Å². The molecule has 0 bridgehead atoms. The van der Waals surface area contributed by atoms with E-state index < -0.39 is 0 Å². The van der Waals surface area contributed by atoms with Gasteiger partial charge in [-0.1, -0.05) is 52.7 Å². The standard InChI is InChI=1S/C12H25N/c1-6-11(5)8-12(7-2)9-13-10(3)4/h8,10-11,13H,6-7,9H2,1-5H3/b12-8-. The van der Waals surface area contributed by atoms with Crippen molar-refractivity contribution in [2.24, 2.45) is 5.92 Å². The average Bonchev–Trinajstić information content (AvgIpc) is 2.11. The molecule has 0 aliphatic carbocycles. The van der Waals surface area contributed by atoms with Crippen LogP contribution in [0.5, 0.6) is 0 Å². The lowest BCUT2D eigenvalue weighted by Crippen LogP contribution is -2.25. The second kappa shape index (κ2) is 7.14. The van der Waals surface area contributed by atoms with Crippen molar-refractivity contribution in [3.05, 3.63) is 11.6 Å². The quantitative estimate of drug-likeness (QED) is 0.623. The van der Waals surface area contributed by atoms with E-state index in [9.17, 15) is 0 Å². The number of hydrogen-bond acceptors (Lipinski definition) is 1. The Morgan fingerprint density at radius 1 is 1.23 bits per heavy atom. The van der Waals surface area contributed by atoms with Crippen molar-refractivity contribution in [1.29, 1.82) is 0 Å². The van der Waals surface area contributed by atoms with Gasteiger partial charge in [0.1, 0.15) is 0 Å². The van der Waals surface area contributed by atoms with Gasteiger partial charge in [0.05, 0.1) is 0 Å². The monoisotopic (exact) mass is 183 g/mol. The van der Waals surface area contributed by atoms with Crippen LogP contribution in [0.1, 0.15) is 47.5 Å². The van der Waals surface area contributed by atoms with Crippen LogP contribution in [-0.2, 0) is 0 Å². The lowest BCUT2D eigenvalue weighted by atomic mass is 10.0. The molecule has 0 aromatic heterocycles. The summed E-state index contributed by atoms with van der Waals surface area (Å²) < 4.78 is 0. The molecule has 0 saturated carbocycles. The molecular weight excluding hydrogens is 158 g/mol. The van der Waals surface area contributed by atoms with Gasteiger partial charge in [-0.2, -0.15) is 0 Å². The molecule has 0 aromatic rings. The minimum absolute atomic E-state index is 0.590. The summed E-state index contributed by atoms with van der Waals surface area (Å²) in [6, 6.07) is 0.590. The fourth-order valence-corrected chi connectivity index (χ4v) is 1.16.